The second kappa shape index (κ2) is 20.6. The molecule has 14 heteroatoms. The van der Waals surface area contributed by atoms with Crippen molar-refractivity contribution >= 4 is 35.2 Å². The molecule has 0 radical (unpaired) electrons. The third kappa shape index (κ3) is 11.1. The van der Waals surface area contributed by atoms with Crippen molar-refractivity contribution < 1.29 is 38.1 Å². The van der Waals surface area contributed by atoms with Crippen molar-refractivity contribution in [3.8, 4) is 17.6 Å². The summed E-state index contributed by atoms with van der Waals surface area (Å²) in [6.45, 7) is 19.5. The molecule has 13 nitrogen and oxygen atoms in total. The summed E-state index contributed by atoms with van der Waals surface area (Å²) in [5.74, 6) is 0.134. The highest BCUT2D eigenvalue weighted by atomic mass is 35.5. The fraction of sp³-hybridized carbons (Fsp3) is 0.549. The number of nitriles is 1. The normalized spacial score (nSPS) is 22.7. The molecule has 1 saturated carbocycles. The Kier molecular flexibility index (Phi) is 15.6. The molecular weight excluding hydrogens is 846 g/mol. The van der Waals surface area contributed by atoms with E-state index in [0.29, 0.717) is 86.3 Å². The fourth-order valence-electron chi connectivity index (χ4n) is 9.81. The lowest BCUT2D eigenvalue weighted by atomic mass is 9.49. The second-order valence-electron chi connectivity index (χ2n) is 19.9. The molecule has 6 rings (SSSR count). The van der Waals surface area contributed by atoms with Crippen LogP contribution in [0.5, 0.6) is 11.5 Å². The Morgan fingerprint density at radius 2 is 1.60 bits per heavy atom. The van der Waals surface area contributed by atoms with Gasteiger partial charge in [-0.25, -0.2) is 0 Å². The van der Waals surface area contributed by atoms with Gasteiger partial charge in [0.25, 0.3) is 5.91 Å². The summed E-state index contributed by atoms with van der Waals surface area (Å²) >= 11 is 6.24. The molecule has 0 aromatic heterocycles. The van der Waals surface area contributed by atoms with Crippen LogP contribution < -0.4 is 25.4 Å². The van der Waals surface area contributed by atoms with Gasteiger partial charge in [-0.2, -0.15) is 5.26 Å². The van der Waals surface area contributed by atoms with E-state index in [1.165, 1.54) is 0 Å². The number of likely N-dealkylation sites (tertiary alicyclic amines) is 1. The third-order valence-electron chi connectivity index (χ3n) is 13.4. The van der Waals surface area contributed by atoms with Gasteiger partial charge in [0, 0.05) is 47.4 Å². The summed E-state index contributed by atoms with van der Waals surface area (Å²) < 4.78 is 24.4. The fourth-order valence-corrected chi connectivity index (χ4v) is 10.0. The monoisotopic (exact) mass is 911 g/mol. The number of fused-ring (bicyclic) bond motifs is 1. The Balaban J connectivity index is 0.944. The number of carbonyl (C=O) groups excluding carboxylic acids is 4. The van der Waals surface area contributed by atoms with Gasteiger partial charge in [0.15, 0.2) is 0 Å². The Bertz CT molecular complexity index is 2220. The number of hydrogen-bond acceptors (Lipinski definition) is 9. The lowest BCUT2D eigenvalue weighted by molar-refractivity contribution is -0.164. The molecule has 350 valence electrons. The van der Waals surface area contributed by atoms with Crippen molar-refractivity contribution in [2.24, 2.45) is 22.2 Å². The molecule has 0 unspecified atom stereocenters. The largest absolute Gasteiger partial charge is 0.491 e. The Hall–Kier alpha value is -5.16. The number of nitrogens with zero attached hydrogens (tertiary/aromatic N) is 2. The summed E-state index contributed by atoms with van der Waals surface area (Å²) in [4.78, 5) is 56.0. The van der Waals surface area contributed by atoms with Crippen LogP contribution >= 0.6 is 11.6 Å². The van der Waals surface area contributed by atoms with E-state index in [1.54, 1.807) is 47.4 Å². The first-order valence-electron chi connectivity index (χ1n) is 22.9. The van der Waals surface area contributed by atoms with Crippen LogP contribution in [0, 0.1) is 33.5 Å². The second-order valence-corrected chi connectivity index (χ2v) is 20.3. The Morgan fingerprint density at radius 1 is 0.923 bits per heavy atom. The number of benzene rings is 3. The highest BCUT2D eigenvalue weighted by Gasteiger charge is 2.64. The number of amides is 4. The third-order valence-corrected chi connectivity index (χ3v) is 13.7. The minimum absolute atomic E-state index is 0.164. The molecule has 3 aromatic carbocycles. The van der Waals surface area contributed by atoms with Crippen molar-refractivity contribution in [3.05, 3.63) is 94.0 Å². The van der Waals surface area contributed by atoms with Crippen molar-refractivity contribution in [2.75, 3.05) is 33.0 Å². The van der Waals surface area contributed by atoms with Gasteiger partial charge < -0.3 is 39.8 Å². The van der Waals surface area contributed by atoms with Gasteiger partial charge in [-0.1, -0.05) is 98.2 Å². The first-order chi connectivity index (χ1) is 30.8. The summed E-state index contributed by atoms with van der Waals surface area (Å²) in [5.41, 5.74) is 1.66. The summed E-state index contributed by atoms with van der Waals surface area (Å²) in [6, 6.07) is 20.1. The number of nitrogens with one attached hydrogen (secondary N) is 3. The van der Waals surface area contributed by atoms with E-state index < -0.39 is 23.5 Å². The molecule has 1 aliphatic heterocycles. The molecule has 1 saturated heterocycles. The molecule has 4 amide bonds. The van der Waals surface area contributed by atoms with E-state index in [-0.39, 0.29) is 58.6 Å². The summed E-state index contributed by atoms with van der Waals surface area (Å²) in [5, 5.41) is 19.0. The van der Waals surface area contributed by atoms with Crippen molar-refractivity contribution in [1.82, 2.24) is 20.9 Å². The maximum atomic E-state index is 14.0. The molecule has 3 N–H and O–H groups in total. The van der Waals surface area contributed by atoms with Gasteiger partial charge in [-0.05, 0) is 72.2 Å². The van der Waals surface area contributed by atoms with Gasteiger partial charge in [0.05, 0.1) is 42.6 Å². The van der Waals surface area contributed by atoms with E-state index in [2.05, 4.69) is 49.7 Å². The molecule has 5 atom stereocenters. The summed E-state index contributed by atoms with van der Waals surface area (Å²) in [6.07, 6.45) is 1.99. The molecule has 0 spiro atoms. The van der Waals surface area contributed by atoms with Crippen molar-refractivity contribution in [3.63, 3.8) is 0 Å². The van der Waals surface area contributed by atoms with Gasteiger partial charge >= 0.3 is 0 Å². The number of hydrogen-bond donors (Lipinski definition) is 3. The van der Waals surface area contributed by atoms with Crippen LogP contribution in [-0.4, -0.2) is 91.8 Å². The van der Waals surface area contributed by atoms with Crippen LogP contribution in [0.2, 0.25) is 5.02 Å². The Labute approximate surface area is 389 Å². The van der Waals surface area contributed by atoms with Crippen molar-refractivity contribution in [1.29, 1.82) is 5.26 Å². The average Bonchev–Trinajstić information content (AvgIpc) is 3.90. The number of halogens is 1. The zero-order chi connectivity index (χ0) is 47.3. The molecule has 0 bridgehead atoms. The molecular formula is C51H66ClN5O8. The lowest BCUT2D eigenvalue weighted by Crippen LogP contribution is -2.74. The minimum atomic E-state index is -0.760. The number of carbonyl (C=O) groups is 4. The molecule has 1 heterocycles. The van der Waals surface area contributed by atoms with Gasteiger partial charge in [0.1, 0.15) is 42.4 Å². The zero-order valence-corrected chi connectivity index (χ0v) is 40.1. The smallest absolute Gasteiger partial charge is 0.251 e. The number of ether oxygens (including phenoxy) is 4. The van der Waals surface area contributed by atoms with Gasteiger partial charge in [0.2, 0.25) is 17.7 Å². The predicted octanol–water partition coefficient (Wildman–Crippen LogP) is 7.59. The maximum absolute atomic E-state index is 14.0. The topological polar surface area (TPSA) is 168 Å². The number of rotatable bonds is 18. The highest BCUT2D eigenvalue weighted by molar-refractivity contribution is 6.31. The maximum Gasteiger partial charge on any atom is 0.251 e. The quantitative estimate of drug-likeness (QED) is 0.109. The molecule has 3 aromatic rings. The first kappa shape index (κ1) is 49.3. The van der Waals surface area contributed by atoms with Crippen LogP contribution in [0.25, 0.3) is 0 Å². The van der Waals surface area contributed by atoms with Gasteiger partial charge in [-0.15, -0.1) is 0 Å². The minimum Gasteiger partial charge on any atom is -0.491 e. The lowest BCUT2D eigenvalue weighted by Gasteiger charge is -2.63. The van der Waals surface area contributed by atoms with E-state index in [0.717, 1.165) is 11.1 Å². The van der Waals surface area contributed by atoms with Crippen molar-refractivity contribution in [2.45, 2.75) is 124 Å². The zero-order valence-electron chi connectivity index (χ0n) is 39.3. The Morgan fingerprint density at radius 3 is 2.26 bits per heavy atom. The van der Waals surface area contributed by atoms with E-state index in [1.807, 2.05) is 58.9 Å². The summed E-state index contributed by atoms with van der Waals surface area (Å²) in [7, 11) is 0. The van der Waals surface area contributed by atoms with Crippen LogP contribution in [0.1, 0.15) is 115 Å². The predicted molar refractivity (Wildman–Crippen MR) is 249 cm³/mol. The van der Waals surface area contributed by atoms with Crippen LogP contribution in [0.3, 0.4) is 0 Å². The van der Waals surface area contributed by atoms with Crippen LogP contribution in [-0.2, 0) is 30.3 Å². The van der Waals surface area contributed by atoms with E-state index in [9.17, 15) is 24.4 Å². The van der Waals surface area contributed by atoms with Gasteiger partial charge in [-0.3, -0.25) is 19.2 Å². The van der Waals surface area contributed by atoms with E-state index >= 15 is 0 Å². The highest BCUT2D eigenvalue weighted by Crippen LogP contribution is 2.55. The van der Waals surface area contributed by atoms with Crippen LogP contribution in [0.4, 0.5) is 0 Å². The van der Waals surface area contributed by atoms with E-state index in [4.69, 9.17) is 30.5 Å². The molecule has 2 aliphatic carbocycles. The molecule has 3 aliphatic rings. The van der Waals surface area contributed by atoms with Crippen LogP contribution in [0.15, 0.2) is 66.7 Å². The average molecular weight is 913 g/mol. The molecule has 65 heavy (non-hydrogen) atoms. The first-order valence-corrected chi connectivity index (χ1v) is 23.2. The SMILES string of the molecule is CC[C@@H](C)C(=O)N[C@H](C(=O)N1CCC[C@H]1C(=O)N[C@H]1c2ccccc2C[C@H]1OCCOCCOc1ccc(C(=O)NC2C(C)(C)C(Oc3ccc(C#N)c(Cl)c3)C2(C)C)cc1)C(C)(C)C. The molecule has 2 fully saturated rings. The standard InChI is InChI=1S/C51H66ClN5O8/c1-10-31(2)43(58)55-42(49(3,4)5)46(61)57-23-13-16-39(57)45(60)54-41-37-15-12-11-14-33(37)28-40(41)64-27-25-62-24-26-63-35-20-17-32(18-21-35)44(59)56-47-50(6,7)48(51(47,8)9)65-36-22-19-34(30-53)38(52)29-36/h11-12,14-15,17-22,29,31,39-42,47-48H,10,13,16,23-28H2,1-9H3,(H,54,60)(H,55,58)(H,56,59)/t31-,39+,40-,41+,42-,47?,48?/m1/s1.